The van der Waals surface area contributed by atoms with Gasteiger partial charge in [0.2, 0.25) is 0 Å². The Bertz CT molecular complexity index is 545. The highest BCUT2D eigenvalue weighted by atomic mass is 35.7. The highest BCUT2D eigenvalue weighted by Crippen LogP contribution is 2.27. The summed E-state index contributed by atoms with van der Waals surface area (Å²) >= 11 is 0. The maximum atomic E-state index is 12.4. The van der Waals surface area contributed by atoms with Crippen molar-refractivity contribution in [3.8, 4) is 0 Å². The molecular formula is C8H11ClF3N3O2S. The lowest BCUT2D eigenvalue weighted by Crippen LogP contribution is -2.29. The van der Waals surface area contributed by atoms with E-state index >= 15 is 0 Å². The summed E-state index contributed by atoms with van der Waals surface area (Å²) in [6.07, 6.45) is -5.88. The molecule has 104 valence electrons. The van der Waals surface area contributed by atoms with E-state index in [1.165, 1.54) is 20.8 Å². The van der Waals surface area contributed by atoms with Gasteiger partial charge in [0.15, 0.2) is 0 Å². The standard InChI is InChI=1S/C8H11ClF3N3O2S/c1-7(2,3)15-5(4-8(10,11)12)13-14-6(15)18(9,16)17/h4H2,1-3H3. The maximum Gasteiger partial charge on any atom is 0.396 e. The molecule has 10 heteroatoms. The predicted octanol–water partition coefficient (Wildman–Crippen LogP) is 2.07. The van der Waals surface area contributed by atoms with Gasteiger partial charge in [-0.1, -0.05) is 0 Å². The summed E-state index contributed by atoms with van der Waals surface area (Å²) in [6.45, 7) is 4.59. The molecule has 0 aromatic carbocycles. The molecule has 1 aromatic rings. The summed E-state index contributed by atoms with van der Waals surface area (Å²) in [4.78, 5) is 0. The third-order valence-corrected chi connectivity index (χ3v) is 3.06. The number of aromatic nitrogens is 3. The van der Waals surface area contributed by atoms with Gasteiger partial charge in [-0.25, -0.2) is 8.42 Å². The Morgan fingerprint density at radius 1 is 1.22 bits per heavy atom. The lowest BCUT2D eigenvalue weighted by Gasteiger charge is -2.24. The second kappa shape index (κ2) is 4.37. The smallest absolute Gasteiger partial charge is 0.295 e. The van der Waals surface area contributed by atoms with E-state index in [-0.39, 0.29) is 0 Å². The summed E-state index contributed by atoms with van der Waals surface area (Å²) in [7, 11) is 0.865. The van der Waals surface area contributed by atoms with Gasteiger partial charge in [0.25, 0.3) is 14.2 Å². The van der Waals surface area contributed by atoms with Crippen molar-refractivity contribution in [1.82, 2.24) is 14.8 Å². The number of alkyl halides is 3. The molecule has 0 aliphatic rings. The molecular weight excluding hydrogens is 295 g/mol. The van der Waals surface area contributed by atoms with Crippen LogP contribution in [0.1, 0.15) is 26.6 Å². The van der Waals surface area contributed by atoms with E-state index in [1.807, 2.05) is 0 Å². The minimum atomic E-state index is -4.51. The lowest BCUT2D eigenvalue weighted by molar-refractivity contribution is -0.129. The molecule has 0 spiro atoms. The van der Waals surface area contributed by atoms with E-state index in [2.05, 4.69) is 10.2 Å². The van der Waals surface area contributed by atoms with Crippen LogP contribution in [0.2, 0.25) is 0 Å². The van der Waals surface area contributed by atoms with Gasteiger partial charge in [-0.15, -0.1) is 10.2 Å². The van der Waals surface area contributed by atoms with E-state index in [1.54, 1.807) is 0 Å². The first kappa shape index (κ1) is 15.2. The highest BCUT2D eigenvalue weighted by Gasteiger charge is 2.36. The van der Waals surface area contributed by atoms with Crippen LogP contribution in [0.15, 0.2) is 5.16 Å². The molecule has 0 amide bonds. The zero-order valence-corrected chi connectivity index (χ0v) is 11.4. The van der Waals surface area contributed by atoms with Crippen LogP contribution in [0.3, 0.4) is 0 Å². The predicted molar refractivity (Wildman–Crippen MR) is 57.8 cm³/mol. The molecule has 1 rings (SSSR count). The topological polar surface area (TPSA) is 64.8 Å². The van der Waals surface area contributed by atoms with Crippen LogP contribution in [0, 0.1) is 0 Å². The van der Waals surface area contributed by atoms with Crippen LogP contribution in [-0.4, -0.2) is 29.4 Å². The van der Waals surface area contributed by atoms with Gasteiger partial charge < -0.3 is 0 Å². The van der Waals surface area contributed by atoms with Crippen LogP contribution < -0.4 is 0 Å². The summed E-state index contributed by atoms with van der Waals surface area (Å²) in [5, 5.41) is 5.81. The molecule has 0 radical (unpaired) electrons. The Balaban J connectivity index is 3.44. The molecule has 0 N–H and O–H groups in total. The molecule has 0 saturated carbocycles. The van der Waals surface area contributed by atoms with Crippen molar-refractivity contribution in [1.29, 1.82) is 0 Å². The second-order valence-corrected chi connectivity index (χ2v) is 7.09. The Hall–Kier alpha value is -0.830. The molecule has 0 bridgehead atoms. The fourth-order valence-electron chi connectivity index (χ4n) is 1.43. The first-order chi connectivity index (χ1) is 7.82. The molecule has 18 heavy (non-hydrogen) atoms. The van der Waals surface area contributed by atoms with E-state index < -0.39 is 38.2 Å². The van der Waals surface area contributed by atoms with Crippen molar-refractivity contribution in [2.24, 2.45) is 0 Å². The molecule has 0 saturated heterocycles. The number of halogens is 4. The zero-order chi connectivity index (χ0) is 14.4. The average molecular weight is 306 g/mol. The normalized spacial score (nSPS) is 13.9. The van der Waals surface area contributed by atoms with Crippen molar-refractivity contribution in [2.75, 3.05) is 0 Å². The molecule has 1 heterocycles. The molecule has 5 nitrogen and oxygen atoms in total. The zero-order valence-electron chi connectivity index (χ0n) is 9.79. The van der Waals surface area contributed by atoms with Gasteiger partial charge in [-0.3, -0.25) is 4.57 Å². The van der Waals surface area contributed by atoms with E-state index in [4.69, 9.17) is 10.7 Å². The fourth-order valence-corrected chi connectivity index (χ4v) is 2.46. The quantitative estimate of drug-likeness (QED) is 0.785. The van der Waals surface area contributed by atoms with Crippen LogP contribution in [0.5, 0.6) is 0 Å². The minimum absolute atomic E-state index is 0.491. The van der Waals surface area contributed by atoms with Crippen molar-refractivity contribution < 1.29 is 21.6 Å². The average Bonchev–Trinajstić information content (AvgIpc) is 2.41. The Kier molecular flexibility index (Phi) is 3.70. The third-order valence-electron chi connectivity index (χ3n) is 1.95. The van der Waals surface area contributed by atoms with Gasteiger partial charge >= 0.3 is 6.18 Å². The van der Waals surface area contributed by atoms with Crippen LogP contribution in [-0.2, 0) is 21.0 Å². The van der Waals surface area contributed by atoms with Crippen LogP contribution in [0.25, 0.3) is 0 Å². The third kappa shape index (κ3) is 3.58. The lowest BCUT2D eigenvalue weighted by atomic mass is 10.1. The second-order valence-electron chi connectivity index (χ2n) is 4.63. The fraction of sp³-hybridized carbons (Fsp3) is 0.750. The number of hydrogen-bond acceptors (Lipinski definition) is 4. The van der Waals surface area contributed by atoms with E-state index in [9.17, 15) is 21.6 Å². The first-order valence-electron chi connectivity index (χ1n) is 4.78. The molecule has 0 aliphatic heterocycles. The monoisotopic (exact) mass is 305 g/mol. The van der Waals surface area contributed by atoms with Crippen molar-refractivity contribution in [3.05, 3.63) is 5.82 Å². The first-order valence-corrected chi connectivity index (χ1v) is 7.09. The summed E-state index contributed by atoms with van der Waals surface area (Å²) in [5.74, 6) is -0.491. The van der Waals surface area contributed by atoms with Crippen molar-refractivity contribution in [3.63, 3.8) is 0 Å². The summed E-state index contributed by atoms with van der Waals surface area (Å²) in [6, 6.07) is 0. The minimum Gasteiger partial charge on any atom is -0.295 e. The van der Waals surface area contributed by atoms with Gasteiger partial charge in [0, 0.05) is 16.2 Å². The SMILES string of the molecule is CC(C)(C)n1c(CC(F)(F)F)nnc1S(=O)(=O)Cl. The Morgan fingerprint density at radius 3 is 2.06 bits per heavy atom. The van der Waals surface area contributed by atoms with Gasteiger partial charge in [-0.05, 0) is 20.8 Å². The van der Waals surface area contributed by atoms with Crippen molar-refractivity contribution >= 4 is 19.7 Å². The molecule has 0 unspecified atom stereocenters. The van der Waals surface area contributed by atoms with Crippen molar-refractivity contribution in [2.45, 2.75) is 44.1 Å². The molecule has 0 aliphatic carbocycles. The molecule has 1 aromatic heterocycles. The van der Waals surface area contributed by atoms with Crippen LogP contribution in [0.4, 0.5) is 13.2 Å². The van der Waals surface area contributed by atoms with Gasteiger partial charge in [-0.2, -0.15) is 13.2 Å². The van der Waals surface area contributed by atoms with E-state index in [0.717, 1.165) is 4.57 Å². The number of nitrogens with zero attached hydrogens (tertiary/aromatic N) is 3. The number of rotatable bonds is 2. The maximum absolute atomic E-state index is 12.4. The summed E-state index contributed by atoms with van der Waals surface area (Å²) < 4.78 is 60.4. The Morgan fingerprint density at radius 2 is 1.72 bits per heavy atom. The molecule has 0 fully saturated rings. The van der Waals surface area contributed by atoms with Crippen LogP contribution >= 0.6 is 10.7 Å². The van der Waals surface area contributed by atoms with E-state index in [0.29, 0.717) is 0 Å². The highest BCUT2D eigenvalue weighted by molar-refractivity contribution is 8.13. The largest absolute Gasteiger partial charge is 0.396 e. The number of hydrogen-bond donors (Lipinski definition) is 0. The van der Waals surface area contributed by atoms with Gasteiger partial charge in [0.1, 0.15) is 12.2 Å². The summed E-state index contributed by atoms with van der Waals surface area (Å²) in [5.41, 5.74) is -0.943. The Labute approximate surface area is 106 Å². The van der Waals surface area contributed by atoms with Gasteiger partial charge in [0.05, 0.1) is 0 Å². The molecule has 0 atom stereocenters.